The fourth-order valence-corrected chi connectivity index (χ4v) is 2.22. The van der Waals surface area contributed by atoms with E-state index < -0.39 is 11.7 Å². The average molecular weight is 323 g/mol. The van der Waals surface area contributed by atoms with Crippen LogP contribution in [0.2, 0.25) is 0 Å². The van der Waals surface area contributed by atoms with Crippen LogP contribution < -0.4 is 5.32 Å². The van der Waals surface area contributed by atoms with Crippen LogP contribution in [-0.4, -0.2) is 24.5 Å². The van der Waals surface area contributed by atoms with E-state index in [-0.39, 0.29) is 0 Å². The summed E-state index contributed by atoms with van der Waals surface area (Å²) in [7, 11) is 0. The largest absolute Gasteiger partial charge is 0.444 e. The Morgan fingerprint density at radius 3 is 2.67 bits per heavy atom. The molecule has 0 saturated carbocycles. The highest BCUT2D eigenvalue weighted by Crippen LogP contribution is 2.20. The van der Waals surface area contributed by atoms with Crippen LogP contribution in [0.25, 0.3) is 10.8 Å². The lowest BCUT2D eigenvalue weighted by Gasteiger charge is -2.19. The molecule has 1 amide bonds. The van der Waals surface area contributed by atoms with Crippen molar-refractivity contribution < 1.29 is 14.3 Å². The summed E-state index contributed by atoms with van der Waals surface area (Å²) in [6.07, 6.45) is 0.832. The first-order valence-electron chi connectivity index (χ1n) is 7.83. The lowest BCUT2D eigenvalue weighted by Crippen LogP contribution is -2.32. The van der Waals surface area contributed by atoms with Crippen molar-refractivity contribution >= 4 is 23.2 Å². The molecule has 4 nitrogen and oxygen atoms in total. The molecule has 0 bridgehead atoms. The Labute approximate surface area is 142 Å². The number of nitrogens with one attached hydrogen (secondary N) is 1. The van der Waals surface area contributed by atoms with Crippen molar-refractivity contribution in [2.45, 2.75) is 32.8 Å². The number of hydrogen-bond donors (Lipinski definition) is 1. The zero-order valence-electron chi connectivity index (χ0n) is 14.2. The fraction of sp³-hybridized carbons (Fsp3) is 0.300. The first-order chi connectivity index (χ1) is 11.4. The molecular weight excluding hydrogens is 302 g/mol. The quantitative estimate of drug-likeness (QED) is 0.529. The number of rotatable bonds is 3. The number of fused-ring (bicyclic) bond motifs is 1. The molecule has 124 valence electrons. The summed E-state index contributed by atoms with van der Waals surface area (Å²) in [4.78, 5) is 22.8. The Bertz CT molecular complexity index is 807. The van der Waals surface area contributed by atoms with Gasteiger partial charge in [0.25, 0.3) is 0 Å². The van der Waals surface area contributed by atoms with Gasteiger partial charge >= 0.3 is 6.09 Å². The van der Waals surface area contributed by atoms with E-state index in [1.807, 2.05) is 51.1 Å². The zero-order valence-corrected chi connectivity index (χ0v) is 14.2. The number of carbonyl (C=O) groups is 2. The normalized spacial score (nSPS) is 10.6. The predicted molar refractivity (Wildman–Crippen MR) is 95.1 cm³/mol. The number of alkyl carbamates (subject to hydrolysis) is 1. The van der Waals surface area contributed by atoms with E-state index >= 15 is 0 Å². The summed E-state index contributed by atoms with van der Waals surface area (Å²) >= 11 is 0. The minimum atomic E-state index is -0.516. The van der Waals surface area contributed by atoms with Crippen molar-refractivity contribution in [3.8, 4) is 11.8 Å². The molecule has 4 heteroatoms. The van der Waals surface area contributed by atoms with Gasteiger partial charge in [-0.1, -0.05) is 42.2 Å². The van der Waals surface area contributed by atoms with Crippen LogP contribution in [0.4, 0.5) is 4.79 Å². The third kappa shape index (κ3) is 4.85. The van der Waals surface area contributed by atoms with Gasteiger partial charge in [0.1, 0.15) is 5.60 Å². The molecular formula is C20H21NO3. The van der Waals surface area contributed by atoms with Crippen LogP contribution in [0.15, 0.2) is 36.4 Å². The van der Waals surface area contributed by atoms with Crippen LogP contribution >= 0.6 is 0 Å². The molecule has 0 spiro atoms. The van der Waals surface area contributed by atoms with Gasteiger partial charge in [0.2, 0.25) is 0 Å². The maximum atomic E-state index is 11.5. The molecule has 0 radical (unpaired) electrons. The summed E-state index contributed by atoms with van der Waals surface area (Å²) in [6, 6.07) is 11.5. The van der Waals surface area contributed by atoms with E-state index in [1.54, 1.807) is 6.07 Å². The standard InChI is InChI=1S/C20H21NO3/c1-20(2,3)24-19(23)21-13-7-6-10-18-16(14-22)12-11-15-8-4-5-9-17(15)18/h4-5,8-9,11-12,14H,7,13H2,1-3H3,(H,21,23). The molecule has 1 N–H and O–H groups in total. The van der Waals surface area contributed by atoms with Crippen LogP contribution in [0.3, 0.4) is 0 Å². The molecule has 2 aromatic carbocycles. The zero-order chi connectivity index (χ0) is 17.6. The molecule has 24 heavy (non-hydrogen) atoms. The topological polar surface area (TPSA) is 55.4 Å². The number of benzene rings is 2. The van der Waals surface area contributed by atoms with E-state index in [1.165, 1.54) is 0 Å². The highest BCUT2D eigenvalue weighted by molar-refractivity contribution is 5.95. The third-order valence-corrected chi connectivity index (χ3v) is 3.22. The van der Waals surface area contributed by atoms with E-state index in [2.05, 4.69) is 17.2 Å². The van der Waals surface area contributed by atoms with Gasteiger partial charge < -0.3 is 10.1 Å². The first-order valence-corrected chi connectivity index (χ1v) is 7.83. The van der Waals surface area contributed by atoms with Crippen molar-refractivity contribution in [3.05, 3.63) is 47.5 Å². The summed E-state index contributed by atoms with van der Waals surface area (Å²) in [5.74, 6) is 6.06. The third-order valence-electron chi connectivity index (χ3n) is 3.22. The average Bonchev–Trinajstić information content (AvgIpc) is 2.52. The molecule has 2 rings (SSSR count). The van der Waals surface area contributed by atoms with E-state index in [9.17, 15) is 9.59 Å². The predicted octanol–water partition coefficient (Wildman–Crippen LogP) is 3.92. The Hall–Kier alpha value is -2.80. The van der Waals surface area contributed by atoms with Crippen LogP contribution in [0, 0.1) is 11.8 Å². The van der Waals surface area contributed by atoms with Crippen LogP contribution in [-0.2, 0) is 4.74 Å². The first kappa shape index (κ1) is 17.6. The van der Waals surface area contributed by atoms with E-state index in [0.29, 0.717) is 18.5 Å². The van der Waals surface area contributed by atoms with Gasteiger partial charge in [0.05, 0.1) is 0 Å². The molecule has 0 heterocycles. The van der Waals surface area contributed by atoms with Crippen LogP contribution in [0.5, 0.6) is 0 Å². The molecule has 2 aromatic rings. The molecule has 0 unspecified atom stereocenters. The van der Waals surface area contributed by atoms with Gasteiger partial charge in [-0.3, -0.25) is 4.79 Å². The van der Waals surface area contributed by atoms with Crippen molar-refractivity contribution in [1.82, 2.24) is 5.32 Å². The second-order valence-electron chi connectivity index (χ2n) is 6.35. The van der Waals surface area contributed by atoms with Gasteiger partial charge in [-0.25, -0.2) is 4.79 Å². The van der Waals surface area contributed by atoms with Gasteiger partial charge in [0.15, 0.2) is 6.29 Å². The molecule has 0 saturated heterocycles. The second kappa shape index (κ2) is 7.65. The summed E-state index contributed by atoms with van der Waals surface area (Å²) in [5, 5.41) is 4.65. The Morgan fingerprint density at radius 2 is 1.96 bits per heavy atom. The van der Waals surface area contributed by atoms with Crippen molar-refractivity contribution in [1.29, 1.82) is 0 Å². The lowest BCUT2D eigenvalue weighted by atomic mass is 10.00. The Kier molecular flexibility index (Phi) is 5.59. The SMILES string of the molecule is CC(C)(C)OC(=O)NCCC#Cc1c(C=O)ccc2ccccc12. The van der Waals surface area contributed by atoms with Crippen molar-refractivity contribution in [3.63, 3.8) is 0 Å². The number of amides is 1. The monoisotopic (exact) mass is 323 g/mol. The molecule has 0 atom stereocenters. The van der Waals surface area contributed by atoms with E-state index in [4.69, 9.17) is 4.74 Å². The van der Waals surface area contributed by atoms with Gasteiger partial charge in [-0.05, 0) is 37.6 Å². The van der Waals surface area contributed by atoms with Gasteiger partial charge in [-0.15, -0.1) is 0 Å². The lowest BCUT2D eigenvalue weighted by molar-refractivity contribution is 0.0529. The maximum absolute atomic E-state index is 11.5. The Morgan fingerprint density at radius 1 is 1.21 bits per heavy atom. The van der Waals surface area contributed by atoms with E-state index in [0.717, 1.165) is 22.6 Å². The Balaban J connectivity index is 2.05. The highest BCUT2D eigenvalue weighted by atomic mass is 16.6. The minimum Gasteiger partial charge on any atom is -0.444 e. The molecule has 0 aromatic heterocycles. The van der Waals surface area contributed by atoms with Crippen molar-refractivity contribution in [2.75, 3.05) is 6.54 Å². The number of carbonyl (C=O) groups excluding carboxylic acids is 2. The smallest absolute Gasteiger partial charge is 0.407 e. The summed E-state index contributed by atoms with van der Waals surface area (Å²) in [5.41, 5.74) is 0.777. The number of hydrogen-bond acceptors (Lipinski definition) is 3. The molecule has 0 fully saturated rings. The molecule has 0 aliphatic carbocycles. The van der Waals surface area contributed by atoms with Gasteiger partial charge in [0, 0.05) is 24.1 Å². The molecule has 0 aliphatic rings. The van der Waals surface area contributed by atoms with Crippen LogP contribution in [0.1, 0.15) is 43.1 Å². The van der Waals surface area contributed by atoms with Crippen molar-refractivity contribution in [2.24, 2.45) is 0 Å². The number of ether oxygens (including phenoxy) is 1. The summed E-state index contributed by atoms with van der Waals surface area (Å²) in [6.45, 7) is 5.83. The maximum Gasteiger partial charge on any atom is 0.407 e. The summed E-state index contributed by atoms with van der Waals surface area (Å²) < 4.78 is 5.15. The second-order valence-corrected chi connectivity index (χ2v) is 6.35. The fourth-order valence-electron chi connectivity index (χ4n) is 2.22. The minimum absolute atomic E-state index is 0.392. The molecule has 0 aliphatic heterocycles. The number of aldehydes is 1. The van der Waals surface area contributed by atoms with Gasteiger partial charge in [-0.2, -0.15) is 0 Å². The highest BCUT2D eigenvalue weighted by Gasteiger charge is 2.15.